The van der Waals surface area contributed by atoms with Gasteiger partial charge in [-0.05, 0) is 73.9 Å². The number of nitrogens with zero attached hydrogens (tertiary/aromatic N) is 1. The Labute approximate surface area is 232 Å². The Bertz CT molecular complexity index is 1400. The molecule has 2 N–H and O–H groups in total. The molecule has 5 rings (SSSR count). The predicted octanol–water partition coefficient (Wildman–Crippen LogP) is 7.82. The van der Waals surface area contributed by atoms with Crippen LogP contribution in [0.2, 0.25) is 0 Å². The molecule has 5 nitrogen and oxygen atoms in total. The van der Waals surface area contributed by atoms with E-state index < -0.39 is 0 Å². The smallest absolute Gasteiger partial charge is 0.325 e. The molecule has 3 amide bonds. The Balaban J connectivity index is 1.30. The highest BCUT2D eigenvalue weighted by atomic mass is 32.2. The van der Waals surface area contributed by atoms with Gasteiger partial charge in [0, 0.05) is 21.2 Å². The second-order valence-corrected chi connectivity index (χ2v) is 12.0. The Morgan fingerprint density at radius 3 is 2.47 bits per heavy atom. The lowest BCUT2D eigenvalue weighted by atomic mass is 10.1. The normalized spacial score (nSPS) is 18.3. The average molecular weight is 542 g/mol. The number of carbonyl (C=O) groups excluding carboxylic acids is 2. The van der Waals surface area contributed by atoms with E-state index in [1.54, 1.807) is 11.8 Å². The zero-order valence-electron chi connectivity index (χ0n) is 21.7. The number of fused-ring (bicyclic) bond motifs is 2. The van der Waals surface area contributed by atoms with Gasteiger partial charge in [-0.1, -0.05) is 55.5 Å². The minimum absolute atomic E-state index is 0.0254. The monoisotopic (exact) mass is 541 g/mol. The van der Waals surface area contributed by atoms with Gasteiger partial charge < -0.3 is 10.6 Å². The van der Waals surface area contributed by atoms with Crippen LogP contribution in [0.1, 0.15) is 24.5 Å². The van der Waals surface area contributed by atoms with Crippen LogP contribution in [0, 0.1) is 13.8 Å². The van der Waals surface area contributed by atoms with Crippen molar-refractivity contribution in [2.75, 3.05) is 15.5 Å². The van der Waals surface area contributed by atoms with Gasteiger partial charge >= 0.3 is 6.03 Å². The van der Waals surface area contributed by atoms with Crippen LogP contribution in [0.5, 0.6) is 0 Å². The summed E-state index contributed by atoms with van der Waals surface area (Å²) >= 11 is 3.29. The summed E-state index contributed by atoms with van der Waals surface area (Å²) in [7, 11) is 0. The molecular formula is C31H31N3O2S2. The molecule has 3 aromatic rings. The fraction of sp³-hybridized carbons (Fsp3) is 0.226. The van der Waals surface area contributed by atoms with Crippen LogP contribution < -0.4 is 15.5 Å². The molecule has 1 heterocycles. The number of carbonyl (C=O) groups is 2. The number of hydrogen-bond donors (Lipinski definition) is 2. The predicted molar refractivity (Wildman–Crippen MR) is 161 cm³/mol. The highest BCUT2D eigenvalue weighted by Gasteiger charge is 2.36. The second kappa shape index (κ2) is 11.5. The molecule has 0 saturated carbocycles. The largest absolute Gasteiger partial charge is 0.326 e. The third-order valence-corrected chi connectivity index (χ3v) is 9.14. The second-order valence-electron chi connectivity index (χ2n) is 9.52. The maximum Gasteiger partial charge on any atom is 0.326 e. The first-order valence-corrected chi connectivity index (χ1v) is 14.5. The highest BCUT2D eigenvalue weighted by molar-refractivity contribution is 8.00. The van der Waals surface area contributed by atoms with Crippen molar-refractivity contribution in [2.45, 2.75) is 53.5 Å². The number of hydrogen-bond acceptors (Lipinski definition) is 4. The topological polar surface area (TPSA) is 61.4 Å². The van der Waals surface area contributed by atoms with Crippen molar-refractivity contribution in [1.82, 2.24) is 0 Å². The molecule has 0 saturated heterocycles. The Morgan fingerprint density at radius 2 is 1.68 bits per heavy atom. The van der Waals surface area contributed by atoms with E-state index in [9.17, 15) is 9.59 Å². The van der Waals surface area contributed by atoms with Crippen LogP contribution in [0.4, 0.5) is 21.9 Å². The van der Waals surface area contributed by atoms with Crippen molar-refractivity contribution < 1.29 is 9.59 Å². The molecular weight excluding hydrogens is 510 g/mol. The lowest BCUT2D eigenvalue weighted by molar-refractivity contribution is -0.115. The molecule has 194 valence electrons. The number of allylic oxidation sites excluding steroid dienone is 2. The highest BCUT2D eigenvalue weighted by Crippen LogP contribution is 2.43. The van der Waals surface area contributed by atoms with Crippen LogP contribution >= 0.6 is 23.5 Å². The zero-order valence-corrected chi connectivity index (χ0v) is 23.3. The maximum atomic E-state index is 13.6. The van der Waals surface area contributed by atoms with Gasteiger partial charge in [-0.2, -0.15) is 0 Å². The SMILES string of the molecule is CCC(Sc1cccc(NC(=O)N2c3ccccc3SC3C=CC=CC32)c1)C(=O)Nc1cc(C)cc(C)c1. The van der Waals surface area contributed by atoms with Gasteiger partial charge in [0.15, 0.2) is 0 Å². The van der Waals surface area contributed by atoms with E-state index in [2.05, 4.69) is 34.9 Å². The van der Waals surface area contributed by atoms with Crippen molar-refractivity contribution >= 4 is 52.5 Å². The van der Waals surface area contributed by atoms with E-state index in [0.29, 0.717) is 12.1 Å². The minimum Gasteiger partial charge on any atom is -0.325 e. The minimum atomic E-state index is -0.257. The molecule has 3 aromatic carbocycles. The number of rotatable bonds is 6. The number of anilines is 3. The van der Waals surface area contributed by atoms with E-state index in [0.717, 1.165) is 32.3 Å². The number of amides is 3. The third kappa shape index (κ3) is 5.84. The summed E-state index contributed by atoms with van der Waals surface area (Å²) in [6.45, 7) is 6.06. The van der Waals surface area contributed by atoms with Crippen LogP contribution in [0.25, 0.3) is 0 Å². The number of nitrogens with one attached hydrogen (secondary N) is 2. The van der Waals surface area contributed by atoms with Crippen molar-refractivity contribution in [3.05, 3.63) is 102 Å². The van der Waals surface area contributed by atoms with E-state index in [1.807, 2.05) is 92.4 Å². The maximum absolute atomic E-state index is 13.6. The van der Waals surface area contributed by atoms with Gasteiger partial charge in [0.1, 0.15) is 0 Å². The Hall–Kier alpha value is -3.42. The molecule has 2 aliphatic rings. The number of urea groups is 1. The summed E-state index contributed by atoms with van der Waals surface area (Å²) in [6.07, 6.45) is 8.96. The van der Waals surface area contributed by atoms with Gasteiger partial charge in [0.05, 0.1) is 22.2 Å². The van der Waals surface area contributed by atoms with Crippen molar-refractivity contribution in [3.8, 4) is 0 Å². The van der Waals surface area contributed by atoms with Crippen molar-refractivity contribution in [3.63, 3.8) is 0 Å². The quantitative estimate of drug-likeness (QED) is 0.312. The molecule has 0 aromatic heterocycles. The fourth-order valence-corrected chi connectivity index (χ4v) is 7.08. The summed E-state index contributed by atoms with van der Waals surface area (Å²) in [5.74, 6) is -0.0254. The first-order chi connectivity index (χ1) is 18.4. The number of thioether (sulfide) groups is 2. The van der Waals surface area contributed by atoms with Crippen molar-refractivity contribution in [1.29, 1.82) is 0 Å². The van der Waals surface area contributed by atoms with Gasteiger partial charge in [-0.15, -0.1) is 23.5 Å². The summed E-state index contributed by atoms with van der Waals surface area (Å²) in [5.41, 5.74) is 4.66. The summed E-state index contributed by atoms with van der Waals surface area (Å²) in [6, 6.07) is 21.6. The van der Waals surface area contributed by atoms with Crippen LogP contribution in [-0.2, 0) is 4.79 Å². The molecule has 1 aliphatic carbocycles. The first kappa shape index (κ1) is 26.2. The number of para-hydroxylation sites is 1. The molecule has 1 aliphatic heterocycles. The van der Waals surface area contributed by atoms with Gasteiger partial charge in [0.25, 0.3) is 0 Å². The average Bonchev–Trinajstić information content (AvgIpc) is 2.89. The molecule has 0 bridgehead atoms. The van der Waals surface area contributed by atoms with Gasteiger partial charge in [-0.3, -0.25) is 9.69 Å². The van der Waals surface area contributed by atoms with Crippen LogP contribution in [0.3, 0.4) is 0 Å². The summed E-state index contributed by atoms with van der Waals surface area (Å²) < 4.78 is 0. The third-order valence-electron chi connectivity index (χ3n) is 6.48. The van der Waals surface area contributed by atoms with E-state index >= 15 is 0 Å². The van der Waals surface area contributed by atoms with E-state index in [1.165, 1.54) is 11.8 Å². The van der Waals surface area contributed by atoms with E-state index in [4.69, 9.17) is 0 Å². The Morgan fingerprint density at radius 1 is 0.921 bits per heavy atom. The number of aryl methyl sites for hydroxylation is 2. The van der Waals surface area contributed by atoms with Crippen LogP contribution in [0.15, 0.2) is 101 Å². The summed E-state index contributed by atoms with van der Waals surface area (Å²) in [4.78, 5) is 30.6. The molecule has 3 unspecified atom stereocenters. The molecule has 38 heavy (non-hydrogen) atoms. The zero-order chi connectivity index (χ0) is 26.6. The number of benzene rings is 3. The molecule has 0 spiro atoms. The van der Waals surface area contributed by atoms with Gasteiger partial charge in [0.2, 0.25) is 5.91 Å². The first-order valence-electron chi connectivity index (χ1n) is 12.8. The van der Waals surface area contributed by atoms with Crippen molar-refractivity contribution in [2.24, 2.45) is 0 Å². The van der Waals surface area contributed by atoms with Gasteiger partial charge in [-0.25, -0.2) is 4.79 Å². The lowest BCUT2D eigenvalue weighted by Crippen LogP contribution is -2.49. The molecule has 0 fully saturated rings. The molecule has 7 heteroatoms. The molecule has 3 atom stereocenters. The Kier molecular flexibility index (Phi) is 7.95. The summed E-state index contributed by atoms with van der Waals surface area (Å²) in [5, 5.41) is 6.09. The molecule has 0 radical (unpaired) electrons. The van der Waals surface area contributed by atoms with E-state index in [-0.39, 0.29) is 28.5 Å². The van der Waals surface area contributed by atoms with Crippen LogP contribution in [-0.4, -0.2) is 28.5 Å². The lowest BCUT2D eigenvalue weighted by Gasteiger charge is -2.40. The standard InChI is InChI=1S/C31H31N3O2S2/c1-4-27(30(35)32-23-17-20(2)16-21(3)18-23)37-24-11-9-10-22(19-24)33-31(36)34-25-12-5-7-14-28(25)38-29-15-8-6-13-26(29)34/h5-19,25,27-28H,4H2,1-3H3,(H,32,35)(H,33,36). The fourth-order valence-electron chi connectivity index (χ4n) is 4.81.